The molecule has 0 radical (unpaired) electrons. The zero-order valence-corrected chi connectivity index (χ0v) is 15.5. The number of aliphatic hydroxyl groups is 1. The molecule has 0 saturated heterocycles. The Morgan fingerprint density at radius 3 is 2.67 bits per heavy atom. The van der Waals surface area contributed by atoms with Crippen molar-refractivity contribution >= 4 is 22.4 Å². The molecule has 6 nitrogen and oxygen atoms in total. The number of anilines is 1. The number of hydrogen-bond donors (Lipinski definition) is 2. The summed E-state index contributed by atoms with van der Waals surface area (Å²) in [5, 5.41) is 10.1. The number of imidazole rings is 1. The highest BCUT2D eigenvalue weighted by Crippen LogP contribution is 2.35. The first-order valence-corrected chi connectivity index (χ1v) is 9.14. The van der Waals surface area contributed by atoms with E-state index in [1.165, 1.54) is 24.4 Å². The summed E-state index contributed by atoms with van der Waals surface area (Å²) >= 11 is 0. The number of hydrogen-bond acceptors (Lipinski definition) is 5. The SMILES string of the molecule is Nc1nc(-c2cccc(F)c2)c(-c2cc(F)c3ncccc3c2)n2cc(CO)nc12. The Morgan fingerprint density at radius 2 is 1.87 bits per heavy atom. The Bertz CT molecular complexity index is 1430. The molecule has 30 heavy (non-hydrogen) atoms. The summed E-state index contributed by atoms with van der Waals surface area (Å²) in [6.45, 7) is -0.300. The Morgan fingerprint density at radius 1 is 1.00 bits per heavy atom. The van der Waals surface area contributed by atoms with E-state index in [0.29, 0.717) is 39.2 Å². The molecular weight excluding hydrogens is 388 g/mol. The molecule has 3 heterocycles. The molecule has 0 bridgehead atoms. The monoisotopic (exact) mass is 403 g/mol. The van der Waals surface area contributed by atoms with Crippen molar-refractivity contribution in [3.8, 4) is 22.5 Å². The Hall–Kier alpha value is -3.91. The van der Waals surface area contributed by atoms with Gasteiger partial charge in [0.1, 0.15) is 17.2 Å². The predicted molar refractivity (Wildman–Crippen MR) is 109 cm³/mol. The smallest absolute Gasteiger partial charge is 0.180 e. The van der Waals surface area contributed by atoms with E-state index < -0.39 is 11.6 Å². The van der Waals surface area contributed by atoms with E-state index >= 15 is 0 Å². The standard InChI is InChI=1S/C22H15F2N5O/c23-15-5-1-3-13(8-15)19-20(29-10-16(11-30)27-22(29)21(25)28-19)14-7-12-4-2-6-26-18(12)17(24)9-14/h1-10,30H,11H2,(H2,25,28). The second kappa shape index (κ2) is 6.85. The van der Waals surface area contributed by atoms with Crippen molar-refractivity contribution in [1.29, 1.82) is 0 Å². The van der Waals surface area contributed by atoms with Gasteiger partial charge in [0.2, 0.25) is 0 Å². The molecule has 0 fully saturated rings. The van der Waals surface area contributed by atoms with Crippen LogP contribution in [0.25, 0.3) is 39.1 Å². The van der Waals surface area contributed by atoms with Crippen LogP contribution in [0.4, 0.5) is 14.6 Å². The van der Waals surface area contributed by atoms with Gasteiger partial charge >= 0.3 is 0 Å². The van der Waals surface area contributed by atoms with Crippen LogP contribution in [0.2, 0.25) is 0 Å². The highest BCUT2D eigenvalue weighted by molar-refractivity contribution is 5.89. The van der Waals surface area contributed by atoms with E-state index in [-0.39, 0.29) is 17.9 Å². The summed E-state index contributed by atoms with van der Waals surface area (Å²) in [6.07, 6.45) is 3.13. The fourth-order valence-corrected chi connectivity index (χ4v) is 3.59. The number of rotatable bonds is 3. The fourth-order valence-electron chi connectivity index (χ4n) is 3.59. The van der Waals surface area contributed by atoms with E-state index in [1.807, 2.05) is 0 Å². The van der Waals surface area contributed by atoms with Gasteiger partial charge < -0.3 is 10.8 Å². The zero-order chi connectivity index (χ0) is 20.8. The lowest BCUT2D eigenvalue weighted by Crippen LogP contribution is -2.04. The molecule has 5 aromatic rings. The summed E-state index contributed by atoms with van der Waals surface area (Å²) in [5.74, 6) is -0.823. The number of aromatic nitrogens is 4. The van der Waals surface area contributed by atoms with Crippen molar-refractivity contribution in [1.82, 2.24) is 19.4 Å². The molecule has 0 aliphatic heterocycles. The molecule has 3 aromatic heterocycles. The van der Waals surface area contributed by atoms with E-state index in [1.54, 1.807) is 40.9 Å². The minimum Gasteiger partial charge on any atom is -0.390 e. The van der Waals surface area contributed by atoms with Crippen LogP contribution in [0.1, 0.15) is 5.69 Å². The first-order chi connectivity index (χ1) is 14.5. The molecule has 5 rings (SSSR count). The molecular formula is C22H15F2N5O. The van der Waals surface area contributed by atoms with Gasteiger partial charge in [0.05, 0.1) is 23.7 Å². The Labute approximate surface area is 169 Å². The Kier molecular flexibility index (Phi) is 4.14. The maximum Gasteiger partial charge on any atom is 0.180 e. The van der Waals surface area contributed by atoms with Crippen molar-refractivity contribution in [3.05, 3.63) is 78.3 Å². The number of nitrogens with two attached hydrogens (primary N) is 1. The molecule has 0 aliphatic carbocycles. The quantitative estimate of drug-likeness (QED) is 0.476. The lowest BCUT2D eigenvalue weighted by Gasteiger charge is -2.14. The van der Waals surface area contributed by atoms with E-state index in [4.69, 9.17) is 5.73 Å². The topological polar surface area (TPSA) is 89.3 Å². The molecule has 148 valence electrons. The van der Waals surface area contributed by atoms with E-state index in [9.17, 15) is 13.9 Å². The number of benzene rings is 2. The first kappa shape index (κ1) is 18.1. The van der Waals surface area contributed by atoms with Crippen molar-refractivity contribution in [3.63, 3.8) is 0 Å². The molecule has 0 unspecified atom stereocenters. The average molecular weight is 403 g/mol. The molecule has 0 atom stereocenters. The summed E-state index contributed by atoms with van der Waals surface area (Å²) < 4.78 is 30.4. The average Bonchev–Trinajstić information content (AvgIpc) is 3.18. The van der Waals surface area contributed by atoms with Gasteiger partial charge in [-0.1, -0.05) is 18.2 Å². The van der Waals surface area contributed by atoms with E-state index in [0.717, 1.165) is 0 Å². The van der Waals surface area contributed by atoms with E-state index in [2.05, 4.69) is 15.0 Å². The third-order valence-electron chi connectivity index (χ3n) is 4.87. The third-order valence-corrected chi connectivity index (χ3v) is 4.87. The van der Waals surface area contributed by atoms with Crippen LogP contribution in [0, 0.1) is 11.6 Å². The third kappa shape index (κ3) is 2.85. The van der Waals surface area contributed by atoms with Crippen LogP contribution in [0.3, 0.4) is 0 Å². The van der Waals surface area contributed by atoms with Crippen LogP contribution < -0.4 is 5.73 Å². The summed E-state index contributed by atoms with van der Waals surface area (Å²) in [4.78, 5) is 12.8. The second-order valence-corrected chi connectivity index (χ2v) is 6.82. The molecule has 0 saturated carbocycles. The number of nitrogens with zero attached hydrogens (tertiary/aromatic N) is 4. The fraction of sp³-hybridized carbons (Fsp3) is 0.0455. The van der Waals surface area contributed by atoms with Crippen LogP contribution in [0.5, 0.6) is 0 Å². The summed E-state index contributed by atoms with van der Waals surface area (Å²) in [6, 6.07) is 12.5. The Balaban J connectivity index is 1.91. The maximum atomic E-state index is 14.8. The minimum absolute atomic E-state index is 0.112. The molecule has 0 spiro atoms. The van der Waals surface area contributed by atoms with Crippen molar-refractivity contribution in [2.45, 2.75) is 6.61 Å². The first-order valence-electron chi connectivity index (χ1n) is 9.14. The van der Waals surface area contributed by atoms with Crippen LogP contribution in [-0.4, -0.2) is 24.5 Å². The molecule has 8 heteroatoms. The minimum atomic E-state index is -0.499. The zero-order valence-electron chi connectivity index (χ0n) is 15.5. The summed E-state index contributed by atoms with van der Waals surface area (Å²) in [5.41, 5.74) is 8.87. The molecule has 0 aliphatic rings. The van der Waals surface area contributed by atoms with Gasteiger partial charge in [-0.15, -0.1) is 0 Å². The molecule has 2 aromatic carbocycles. The van der Waals surface area contributed by atoms with Crippen LogP contribution >= 0.6 is 0 Å². The van der Waals surface area contributed by atoms with Crippen molar-refractivity contribution in [2.75, 3.05) is 5.73 Å². The number of halogens is 2. The number of fused-ring (bicyclic) bond motifs is 2. The highest BCUT2D eigenvalue weighted by atomic mass is 19.1. The number of nitrogen functional groups attached to an aromatic ring is 1. The van der Waals surface area contributed by atoms with Crippen LogP contribution in [0.15, 0.2) is 60.9 Å². The van der Waals surface area contributed by atoms with Gasteiger partial charge in [-0.2, -0.15) is 0 Å². The maximum absolute atomic E-state index is 14.8. The largest absolute Gasteiger partial charge is 0.390 e. The highest BCUT2D eigenvalue weighted by Gasteiger charge is 2.20. The number of pyridine rings is 1. The lowest BCUT2D eigenvalue weighted by molar-refractivity contribution is 0.277. The molecule has 0 amide bonds. The van der Waals surface area contributed by atoms with Gasteiger partial charge in [-0.05, 0) is 30.3 Å². The van der Waals surface area contributed by atoms with Gasteiger partial charge in [-0.3, -0.25) is 9.38 Å². The van der Waals surface area contributed by atoms with Gasteiger partial charge in [0.15, 0.2) is 11.5 Å². The van der Waals surface area contributed by atoms with Gasteiger partial charge in [0.25, 0.3) is 0 Å². The van der Waals surface area contributed by atoms with Gasteiger partial charge in [-0.25, -0.2) is 18.7 Å². The second-order valence-electron chi connectivity index (χ2n) is 6.82. The number of aliphatic hydroxyl groups excluding tert-OH is 1. The lowest BCUT2D eigenvalue weighted by atomic mass is 10.0. The molecule has 3 N–H and O–H groups in total. The van der Waals surface area contributed by atoms with Crippen LogP contribution in [-0.2, 0) is 6.61 Å². The normalized spacial score (nSPS) is 11.4. The predicted octanol–water partition coefficient (Wildman–Crippen LogP) is 3.96. The van der Waals surface area contributed by atoms with Gasteiger partial charge in [0, 0.05) is 28.9 Å². The summed E-state index contributed by atoms with van der Waals surface area (Å²) in [7, 11) is 0. The van der Waals surface area contributed by atoms with Crippen molar-refractivity contribution < 1.29 is 13.9 Å². The van der Waals surface area contributed by atoms with Crippen molar-refractivity contribution in [2.24, 2.45) is 0 Å².